The van der Waals surface area contributed by atoms with E-state index in [1.54, 1.807) is 0 Å². The summed E-state index contributed by atoms with van der Waals surface area (Å²) in [5, 5.41) is 3.42. The zero-order valence-corrected chi connectivity index (χ0v) is 12.6. The van der Waals surface area contributed by atoms with Crippen LogP contribution in [0.3, 0.4) is 0 Å². The number of piperidine rings is 1. The fourth-order valence-corrected chi connectivity index (χ4v) is 3.47. The summed E-state index contributed by atoms with van der Waals surface area (Å²) in [6.07, 6.45) is 4.21. The van der Waals surface area contributed by atoms with Crippen LogP contribution in [-0.2, 0) is 9.53 Å². The van der Waals surface area contributed by atoms with Crippen molar-refractivity contribution < 1.29 is 9.53 Å². The predicted octanol–water partition coefficient (Wildman–Crippen LogP) is 1.79. The Morgan fingerprint density at radius 1 is 1.42 bits per heavy atom. The lowest BCUT2D eigenvalue weighted by atomic mass is 9.75. The molecule has 2 rings (SSSR count). The van der Waals surface area contributed by atoms with Gasteiger partial charge in [0.15, 0.2) is 0 Å². The molecule has 110 valence electrons. The highest BCUT2D eigenvalue weighted by molar-refractivity contribution is 5.83. The van der Waals surface area contributed by atoms with Gasteiger partial charge in [0.2, 0.25) is 5.91 Å². The Hall–Kier alpha value is -0.610. The van der Waals surface area contributed by atoms with Crippen LogP contribution in [0, 0.1) is 5.41 Å². The summed E-state index contributed by atoms with van der Waals surface area (Å²) in [6, 6.07) is 0. The van der Waals surface area contributed by atoms with Crippen molar-refractivity contribution in [1.29, 1.82) is 0 Å². The van der Waals surface area contributed by atoms with E-state index in [4.69, 9.17) is 4.74 Å². The number of carbonyl (C=O) groups excluding carboxylic acids is 1. The number of nitrogens with zero attached hydrogens (tertiary/aromatic N) is 1. The molecular formula is C15H28N2O2. The summed E-state index contributed by atoms with van der Waals surface area (Å²) in [7, 11) is 0. The zero-order valence-electron chi connectivity index (χ0n) is 12.6. The van der Waals surface area contributed by atoms with E-state index in [2.05, 4.69) is 26.1 Å². The quantitative estimate of drug-likeness (QED) is 0.848. The third kappa shape index (κ3) is 3.29. The van der Waals surface area contributed by atoms with Crippen molar-refractivity contribution in [2.75, 3.05) is 32.8 Å². The van der Waals surface area contributed by atoms with Gasteiger partial charge in [-0.3, -0.25) is 4.79 Å². The van der Waals surface area contributed by atoms with Crippen LogP contribution in [0.2, 0.25) is 0 Å². The molecule has 0 radical (unpaired) electrons. The number of amides is 1. The summed E-state index contributed by atoms with van der Waals surface area (Å²) in [6.45, 7) is 10.3. The standard InChI is InChI=1S/C15H28N2O2/c1-4-6-15(7-5-8-16-11-15)13(18)17-9-10-19-14(2,3)12-17/h16H,4-12H2,1-3H3. The van der Waals surface area contributed by atoms with Crippen LogP contribution in [0.1, 0.15) is 46.5 Å². The molecular weight excluding hydrogens is 240 g/mol. The molecule has 2 aliphatic heterocycles. The minimum Gasteiger partial charge on any atom is -0.372 e. The molecule has 2 fully saturated rings. The van der Waals surface area contributed by atoms with E-state index >= 15 is 0 Å². The van der Waals surface area contributed by atoms with Crippen LogP contribution in [0.15, 0.2) is 0 Å². The van der Waals surface area contributed by atoms with Gasteiger partial charge in [0.05, 0.1) is 17.6 Å². The van der Waals surface area contributed by atoms with E-state index in [0.717, 1.165) is 51.9 Å². The monoisotopic (exact) mass is 268 g/mol. The second-order valence-electron chi connectivity index (χ2n) is 6.65. The molecule has 2 aliphatic rings. The topological polar surface area (TPSA) is 41.6 Å². The maximum atomic E-state index is 13.0. The van der Waals surface area contributed by atoms with Crippen LogP contribution in [0.4, 0.5) is 0 Å². The number of ether oxygens (including phenoxy) is 1. The molecule has 0 aromatic rings. The maximum Gasteiger partial charge on any atom is 0.230 e. The lowest BCUT2D eigenvalue weighted by Crippen LogP contribution is -2.57. The van der Waals surface area contributed by atoms with Crippen molar-refractivity contribution >= 4 is 5.91 Å². The number of morpholine rings is 1. The molecule has 1 amide bonds. The molecule has 0 aliphatic carbocycles. The van der Waals surface area contributed by atoms with Crippen LogP contribution in [0.5, 0.6) is 0 Å². The third-order valence-electron chi connectivity index (χ3n) is 4.37. The largest absolute Gasteiger partial charge is 0.372 e. The first-order valence-electron chi connectivity index (χ1n) is 7.63. The van der Waals surface area contributed by atoms with E-state index in [-0.39, 0.29) is 11.0 Å². The van der Waals surface area contributed by atoms with Crippen molar-refractivity contribution in [3.05, 3.63) is 0 Å². The highest BCUT2D eigenvalue weighted by Crippen LogP contribution is 2.35. The van der Waals surface area contributed by atoms with Gasteiger partial charge in [-0.2, -0.15) is 0 Å². The second-order valence-corrected chi connectivity index (χ2v) is 6.65. The minimum absolute atomic E-state index is 0.166. The van der Waals surface area contributed by atoms with E-state index in [1.165, 1.54) is 0 Å². The van der Waals surface area contributed by atoms with Gasteiger partial charge in [-0.15, -0.1) is 0 Å². The summed E-state index contributed by atoms with van der Waals surface area (Å²) >= 11 is 0. The molecule has 1 unspecified atom stereocenters. The molecule has 4 heteroatoms. The Balaban J connectivity index is 2.10. The number of carbonyl (C=O) groups is 1. The Kier molecular flexibility index (Phi) is 4.51. The SMILES string of the molecule is CCCC1(C(=O)N2CCOC(C)(C)C2)CCCNC1. The summed E-state index contributed by atoms with van der Waals surface area (Å²) in [5.41, 5.74) is -0.371. The lowest BCUT2D eigenvalue weighted by Gasteiger charge is -2.44. The van der Waals surface area contributed by atoms with Crippen molar-refractivity contribution in [2.24, 2.45) is 5.41 Å². The molecule has 0 bridgehead atoms. The van der Waals surface area contributed by atoms with Crippen molar-refractivity contribution in [3.63, 3.8) is 0 Å². The van der Waals surface area contributed by atoms with Gasteiger partial charge in [-0.05, 0) is 39.7 Å². The van der Waals surface area contributed by atoms with Gasteiger partial charge < -0.3 is 15.0 Å². The average Bonchev–Trinajstić information content (AvgIpc) is 2.38. The van der Waals surface area contributed by atoms with Crippen LogP contribution >= 0.6 is 0 Å². The molecule has 1 N–H and O–H groups in total. The van der Waals surface area contributed by atoms with Crippen LogP contribution in [0.25, 0.3) is 0 Å². The molecule has 0 aromatic carbocycles. The van der Waals surface area contributed by atoms with Gasteiger partial charge in [-0.25, -0.2) is 0 Å². The number of rotatable bonds is 3. The second kappa shape index (κ2) is 5.80. The van der Waals surface area contributed by atoms with E-state index in [1.807, 2.05) is 4.90 Å². The number of nitrogens with one attached hydrogen (secondary N) is 1. The van der Waals surface area contributed by atoms with Crippen molar-refractivity contribution in [2.45, 2.75) is 52.1 Å². The molecule has 1 atom stereocenters. The van der Waals surface area contributed by atoms with Crippen LogP contribution in [-0.4, -0.2) is 49.2 Å². The molecule has 2 heterocycles. The zero-order chi connectivity index (χ0) is 13.9. The van der Waals surface area contributed by atoms with Gasteiger partial charge >= 0.3 is 0 Å². The first-order chi connectivity index (χ1) is 8.99. The minimum atomic E-state index is -0.205. The van der Waals surface area contributed by atoms with E-state index in [0.29, 0.717) is 12.5 Å². The molecule has 0 spiro atoms. The van der Waals surface area contributed by atoms with Gasteiger partial charge in [0.25, 0.3) is 0 Å². The number of hydrogen-bond acceptors (Lipinski definition) is 3. The normalized spacial score (nSPS) is 31.2. The number of hydrogen-bond donors (Lipinski definition) is 1. The van der Waals surface area contributed by atoms with Crippen molar-refractivity contribution in [3.8, 4) is 0 Å². The Morgan fingerprint density at radius 2 is 2.21 bits per heavy atom. The fourth-order valence-electron chi connectivity index (χ4n) is 3.47. The van der Waals surface area contributed by atoms with E-state index in [9.17, 15) is 4.79 Å². The Labute approximate surface area is 116 Å². The van der Waals surface area contributed by atoms with Gasteiger partial charge in [-0.1, -0.05) is 13.3 Å². The Morgan fingerprint density at radius 3 is 2.79 bits per heavy atom. The molecule has 0 aromatic heterocycles. The Bertz CT molecular complexity index is 317. The lowest BCUT2D eigenvalue weighted by molar-refractivity contribution is -0.158. The van der Waals surface area contributed by atoms with Gasteiger partial charge in [0.1, 0.15) is 0 Å². The smallest absolute Gasteiger partial charge is 0.230 e. The van der Waals surface area contributed by atoms with Crippen molar-refractivity contribution in [1.82, 2.24) is 10.2 Å². The highest BCUT2D eigenvalue weighted by atomic mass is 16.5. The average molecular weight is 268 g/mol. The summed E-state index contributed by atoms with van der Waals surface area (Å²) in [4.78, 5) is 15.0. The molecule has 4 nitrogen and oxygen atoms in total. The third-order valence-corrected chi connectivity index (χ3v) is 4.37. The van der Waals surface area contributed by atoms with E-state index < -0.39 is 0 Å². The fraction of sp³-hybridized carbons (Fsp3) is 0.933. The van der Waals surface area contributed by atoms with Gasteiger partial charge in [0, 0.05) is 19.6 Å². The first-order valence-corrected chi connectivity index (χ1v) is 7.63. The summed E-state index contributed by atoms with van der Waals surface area (Å²) < 4.78 is 5.72. The van der Waals surface area contributed by atoms with Crippen LogP contribution < -0.4 is 5.32 Å². The predicted molar refractivity (Wildman–Crippen MR) is 76.1 cm³/mol. The first kappa shape index (κ1) is 14.8. The molecule has 2 saturated heterocycles. The molecule has 19 heavy (non-hydrogen) atoms. The summed E-state index contributed by atoms with van der Waals surface area (Å²) in [5.74, 6) is 0.345. The molecule has 0 saturated carbocycles. The highest BCUT2D eigenvalue weighted by Gasteiger charge is 2.43. The maximum absolute atomic E-state index is 13.0.